The van der Waals surface area contributed by atoms with E-state index in [1.165, 1.54) is 0 Å². The van der Waals surface area contributed by atoms with Gasteiger partial charge >= 0.3 is 0 Å². The molecule has 0 bridgehead atoms. The zero-order valence-electron chi connectivity index (χ0n) is 11.6. The van der Waals surface area contributed by atoms with E-state index in [1.807, 2.05) is 18.2 Å². The van der Waals surface area contributed by atoms with E-state index in [0.717, 1.165) is 11.3 Å². The average molecular weight is 276 g/mol. The zero-order valence-corrected chi connectivity index (χ0v) is 11.6. The minimum Gasteiger partial charge on any atom is -0.496 e. The minimum absolute atomic E-state index is 0.318. The first-order valence-corrected chi connectivity index (χ1v) is 6.39. The van der Waals surface area contributed by atoms with Crippen molar-refractivity contribution in [3.63, 3.8) is 0 Å². The maximum Gasteiger partial charge on any atom is 0.217 e. The molecule has 0 saturated heterocycles. The average Bonchev–Trinajstić information content (AvgIpc) is 2.44. The number of hydrogen-bond acceptors (Lipinski definition) is 4. The molecule has 0 fully saturated rings. The summed E-state index contributed by atoms with van der Waals surface area (Å²) in [6.45, 7) is 1.59. The minimum atomic E-state index is -0.318. The number of methoxy groups -OCH3 is 1. The fraction of sp³-hybridized carbons (Fsp3) is 0.400. The second-order valence-electron chi connectivity index (χ2n) is 4.20. The summed E-state index contributed by atoms with van der Waals surface area (Å²) < 4.78 is 10.9. The van der Waals surface area contributed by atoms with E-state index >= 15 is 0 Å². The van der Waals surface area contributed by atoms with Gasteiger partial charge in [-0.15, -0.1) is 6.42 Å². The zero-order chi connectivity index (χ0) is 14.8. The molecule has 1 amide bonds. The van der Waals surface area contributed by atoms with E-state index < -0.39 is 0 Å². The SMILES string of the molecule is C#CCNCc1ccc(OCCCC(N)=O)cc1OC. The van der Waals surface area contributed by atoms with Crippen LogP contribution >= 0.6 is 0 Å². The van der Waals surface area contributed by atoms with Gasteiger partial charge in [0.25, 0.3) is 0 Å². The van der Waals surface area contributed by atoms with Crippen LogP contribution in [0.1, 0.15) is 18.4 Å². The Hall–Kier alpha value is -2.19. The van der Waals surface area contributed by atoms with E-state index in [9.17, 15) is 4.79 Å². The van der Waals surface area contributed by atoms with Crippen molar-refractivity contribution < 1.29 is 14.3 Å². The number of carbonyl (C=O) groups is 1. The quantitative estimate of drug-likeness (QED) is 0.522. The molecule has 0 spiro atoms. The van der Waals surface area contributed by atoms with Gasteiger partial charge in [0.2, 0.25) is 5.91 Å². The molecule has 0 saturated carbocycles. The highest BCUT2D eigenvalue weighted by Gasteiger charge is 2.05. The highest BCUT2D eigenvalue weighted by atomic mass is 16.5. The van der Waals surface area contributed by atoms with E-state index in [0.29, 0.717) is 38.3 Å². The third-order valence-electron chi connectivity index (χ3n) is 2.64. The Labute approximate surface area is 119 Å². The summed E-state index contributed by atoms with van der Waals surface area (Å²) in [5, 5.41) is 3.10. The normalized spacial score (nSPS) is 9.80. The van der Waals surface area contributed by atoms with Gasteiger partial charge in [0, 0.05) is 24.6 Å². The number of benzene rings is 1. The molecule has 0 aromatic heterocycles. The smallest absolute Gasteiger partial charge is 0.217 e. The molecule has 0 heterocycles. The Balaban J connectivity index is 2.53. The molecule has 1 rings (SSSR count). The molecule has 20 heavy (non-hydrogen) atoms. The van der Waals surface area contributed by atoms with Crippen molar-refractivity contribution in [1.82, 2.24) is 5.32 Å². The van der Waals surface area contributed by atoms with Gasteiger partial charge in [-0.3, -0.25) is 4.79 Å². The maximum atomic E-state index is 10.6. The molecule has 1 aromatic rings. The predicted molar refractivity (Wildman–Crippen MR) is 77.5 cm³/mol. The number of amides is 1. The van der Waals surface area contributed by atoms with Crippen molar-refractivity contribution in [3.8, 4) is 23.8 Å². The van der Waals surface area contributed by atoms with Crippen molar-refractivity contribution in [2.45, 2.75) is 19.4 Å². The van der Waals surface area contributed by atoms with E-state index in [2.05, 4.69) is 11.2 Å². The van der Waals surface area contributed by atoms with E-state index in [-0.39, 0.29) is 5.91 Å². The monoisotopic (exact) mass is 276 g/mol. The van der Waals surface area contributed by atoms with Gasteiger partial charge in [0.05, 0.1) is 20.3 Å². The second-order valence-corrected chi connectivity index (χ2v) is 4.20. The van der Waals surface area contributed by atoms with Gasteiger partial charge in [-0.25, -0.2) is 0 Å². The molecule has 5 heteroatoms. The summed E-state index contributed by atoms with van der Waals surface area (Å²) >= 11 is 0. The molecule has 108 valence electrons. The van der Waals surface area contributed by atoms with Crippen LogP contribution in [-0.2, 0) is 11.3 Å². The Morgan fingerprint density at radius 2 is 2.30 bits per heavy atom. The summed E-state index contributed by atoms with van der Waals surface area (Å²) in [7, 11) is 1.61. The topological polar surface area (TPSA) is 73.6 Å². The first kappa shape index (κ1) is 15.9. The largest absolute Gasteiger partial charge is 0.496 e. The number of primary amides is 1. The van der Waals surface area contributed by atoms with Crippen LogP contribution in [0.25, 0.3) is 0 Å². The van der Waals surface area contributed by atoms with Crippen LogP contribution in [0.2, 0.25) is 0 Å². The Morgan fingerprint density at radius 3 is 2.95 bits per heavy atom. The fourth-order valence-corrected chi connectivity index (χ4v) is 1.67. The van der Waals surface area contributed by atoms with Crippen LogP contribution in [0.15, 0.2) is 18.2 Å². The second kappa shape index (κ2) is 8.83. The van der Waals surface area contributed by atoms with Crippen molar-refractivity contribution in [2.24, 2.45) is 5.73 Å². The Kier molecular flexibility index (Phi) is 7.01. The lowest BCUT2D eigenvalue weighted by molar-refractivity contribution is -0.118. The van der Waals surface area contributed by atoms with E-state index in [4.69, 9.17) is 21.6 Å². The molecule has 0 aliphatic rings. The first-order chi connectivity index (χ1) is 9.67. The van der Waals surface area contributed by atoms with Crippen LogP contribution in [0.4, 0.5) is 0 Å². The van der Waals surface area contributed by atoms with Crippen LogP contribution in [0, 0.1) is 12.3 Å². The van der Waals surface area contributed by atoms with Crippen LogP contribution in [0.3, 0.4) is 0 Å². The van der Waals surface area contributed by atoms with Gasteiger partial charge in [0.1, 0.15) is 11.5 Å². The number of terminal acetylenes is 1. The van der Waals surface area contributed by atoms with Gasteiger partial charge in [-0.1, -0.05) is 12.0 Å². The maximum absolute atomic E-state index is 10.6. The van der Waals surface area contributed by atoms with Crippen molar-refractivity contribution in [1.29, 1.82) is 0 Å². The fourth-order valence-electron chi connectivity index (χ4n) is 1.67. The molecule has 5 nitrogen and oxygen atoms in total. The summed E-state index contributed by atoms with van der Waals surface area (Å²) in [4.78, 5) is 10.6. The lowest BCUT2D eigenvalue weighted by atomic mass is 10.2. The molecule has 0 atom stereocenters. The van der Waals surface area contributed by atoms with Crippen LogP contribution in [-0.4, -0.2) is 26.2 Å². The first-order valence-electron chi connectivity index (χ1n) is 6.39. The highest BCUT2D eigenvalue weighted by Crippen LogP contribution is 2.24. The molecule has 0 unspecified atom stereocenters. The number of ether oxygens (including phenoxy) is 2. The summed E-state index contributed by atoms with van der Waals surface area (Å²) in [6, 6.07) is 5.60. The lowest BCUT2D eigenvalue weighted by Gasteiger charge is -2.11. The molecular weight excluding hydrogens is 256 g/mol. The third-order valence-corrected chi connectivity index (χ3v) is 2.64. The van der Waals surface area contributed by atoms with Gasteiger partial charge < -0.3 is 20.5 Å². The standard InChI is InChI=1S/C15H20N2O3/c1-3-8-17-11-12-6-7-13(10-14(12)19-2)20-9-4-5-15(16)18/h1,6-7,10,17H,4-5,8-9,11H2,2H3,(H2,16,18). The van der Waals surface area contributed by atoms with Crippen LogP contribution < -0.4 is 20.5 Å². The Morgan fingerprint density at radius 1 is 1.50 bits per heavy atom. The van der Waals surface area contributed by atoms with Crippen molar-refractivity contribution in [3.05, 3.63) is 23.8 Å². The van der Waals surface area contributed by atoms with Crippen molar-refractivity contribution in [2.75, 3.05) is 20.3 Å². The predicted octanol–water partition coefficient (Wildman–Crippen LogP) is 1.06. The number of carbonyl (C=O) groups excluding carboxylic acids is 1. The van der Waals surface area contributed by atoms with E-state index in [1.54, 1.807) is 7.11 Å². The number of hydrogen-bond donors (Lipinski definition) is 2. The van der Waals surface area contributed by atoms with Gasteiger partial charge in [-0.2, -0.15) is 0 Å². The van der Waals surface area contributed by atoms with Crippen molar-refractivity contribution >= 4 is 5.91 Å². The van der Waals surface area contributed by atoms with Crippen LogP contribution in [0.5, 0.6) is 11.5 Å². The third kappa shape index (κ3) is 5.63. The summed E-state index contributed by atoms with van der Waals surface area (Å²) in [5.41, 5.74) is 6.07. The van der Waals surface area contributed by atoms with Gasteiger partial charge in [0.15, 0.2) is 0 Å². The molecule has 0 aliphatic carbocycles. The number of nitrogens with two attached hydrogens (primary N) is 1. The number of rotatable bonds is 9. The molecule has 1 aromatic carbocycles. The lowest BCUT2D eigenvalue weighted by Crippen LogP contribution is -2.14. The molecule has 0 aliphatic heterocycles. The Bertz CT molecular complexity index is 480. The molecular formula is C15H20N2O3. The highest BCUT2D eigenvalue weighted by molar-refractivity contribution is 5.73. The summed E-state index contributed by atoms with van der Waals surface area (Å²) in [6.07, 6.45) is 6.10. The molecule has 0 radical (unpaired) electrons. The molecule has 3 N–H and O–H groups in total. The van der Waals surface area contributed by atoms with Gasteiger partial charge in [-0.05, 0) is 12.5 Å². The number of nitrogens with one attached hydrogen (secondary N) is 1. The summed E-state index contributed by atoms with van der Waals surface area (Å²) in [5.74, 6) is 3.64.